The van der Waals surface area contributed by atoms with E-state index in [9.17, 15) is 9.59 Å². The van der Waals surface area contributed by atoms with E-state index >= 15 is 0 Å². The first-order valence-electron chi connectivity index (χ1n) is 9.30. The number of hydrogen-bond donors (Lipinski definition) is 1. The molecule has 0 unspecified atom stereocenters. The predicted molar refractivity (Wildman–Crippen MR) is 108 cm³/mol. The van der Waals surface area contributed by atoms with Crippen molar-refractivity contribution >= 4 is 17.6 Å². The van der Waals surface area contributed by atoms with Crippen LogP contribution in [0.1, 0.15) is 38.7 Å². The summed E-state index contributed by atoms with van der Waals surface area (Å²) in [7, 11) is 1.57. The molecule has 0 saturated heterocycles. The first kappa shape index (κ1) is 21.3. The van der Waals surface area contributed by atoms with Gasteiger partial charge >= 0.3 is 5.97 Å². The van der Waals surface area contributed by atoms with Crippen molar-refractivity contribution in [3.8, 4) is 11.5 Å². The molecule has 6 heteroatoms. The molecule has 150 valence electrons. The van der Waals surface area contributed by atoms with E-state index in [1.165, 1.54) is 6.92 Å². The number of para-hydroxylation sites is 1. The summed E-state index contributed by atoms with van der Waals surface area (Å²) < 4.78 is 15.6. The molecule has 1 amide bonds. The molecule has 1 N–H and O–H groups in total. The monoisotopic (exact) mass is 385 g/mol. The minimum absolute atomic E-state index is 0.284. The summed E-state index contributed by atoms with van der Waals surface area (Å²) in [5.74, 6) is 0.518. The van der Waals surface area contributed by atoms with E-state index in [-0.39, 0.29) is 12.5 Å². The van der Waals surface area contributed by atoms with E-state index in [0.717, 1.165) is 17.7 Å². The van der Waals surface area contributed by atoms with E-state index < -0.39 is 12.1 Å². The molecule has 0 aliphatic rings. The highest BCUT2D eigenvalue weighted by Crippen LogP contribution is 2.26. The molecular weight excluding hydrogens is 358 g/mol. The SMILES string of the molecule is CC[C@@H](C)c1ccccc1NC(=O)[C@@H](C)OC(=O)COc1ccc(OC)cc1. The van der Waals surface area contributed by atoms with Gasteiger partial charge in [0.05, 0.1) is 7.11 Å². The van der Waals surface area contributed by atoms with E-state index in [2.05, 4.69) is 19.2 Å². The minimum atomic E-state index is -0.933. The molecule has 2 aromatic rings. The van der Waals surface area contributed by atoms with Crippen molar-refractivity contribution in [2.75, 3.05) is 19.0 Å². The third kappa shape index (κ3) is 6.01. The van der Waals surface area contributed by atoms with E-state index in [1.54, 1.807) is 31.4 Å². The summed E-state index contributed by atoms with van der Waals surface area (Å²) >= 11 is 0. The van der Waals surface area contributed by atoms with Crippen LogP contribution in [0.2, 0.25) is 0 Å². The quantitative estimate of drug-likeness (QED) is 0.656. The molecule has 0 bridgehead atoms. The standard InChI is InChI=1S/C22H27NO5/c1-5-15(2)19-8-6-7-9-20(19)23-22(25)16(3)28-21(24)14-27-18-12-10-17(26-4)11-13-18/h6-13,15-16H,5,14H2,1-4H3,(H,23,25)/t15-,16-/m1/s1. The van der Waals surface area contributed by atoms with Crippen molar-refractivity contribution in [1.29, 1.82) is 0 Å². The molecule has 2 rings (SSSR count). The van der Waals surface area contributed by atoms with Crippen LogP contribution >= 0.6 is 0 Å². The lowest BCUT2D eigenvalue weighted by Gasteiger charge is -2.18. The van der Waals surface area contributed by atoms with Crippen molar-refractivity contribution in [2.24, 2.45) is 0 Å². The number of nitrogens with one attached hydrogen (secondary N) is 1. The van der Waals surface area contributed by atoms with E-state index in [1.807, 2.05) is 24.3 Å². The molecule has 0 heterocycles. The zero-order valence-electron chi connectivity index (χ0n) is 16.7. The van der Waals surface area contributed by atoms with Crippen LogP contribution in [-0.2, 0) is 14.3 Å². The lowest BCUT2D eigenvalue weighted by atomic mass is 9.97. The van der Waals surface area contributed by atoms with Gasteiger partial charge < -0.3 is 19.5 Å². The van der Waals surface area contributed by atoms with Crippen LogP contribution in [0.5, 0.6) is 11.5 Å². The molecule has 2 atom stereocenters. The maximum Gasteiger partial charge on any atom is 0.344 e. The summed E-state index contributed by atoms with van der Waals surface area (Å²) in [5, 5.41) is 2.85. The van der Waals surface area contributed by atoms with Gasteiger partial charge in [0.2, 0.25) is 0 Å². The molecule has 0 fully saturated rings. The normalized spacial score (nSPS) is 12.6. The van der Waals surface area contributed by atoms with Crippen LogP contribution in [0.25, 0.3) is 0 Å². The number of esters is 1. The molecule has 0 aliphatic carbocycles. The molecule has 0 aliphatic heterocycles. The van der Waals surface area contributed by atoms with Gasteiger partial charge in [-0.2, -0.15) is 0 Å². The van der Waals surface area contributed by atoms with E-state index in [4.69, 9.17) is 14.2 Å². The lowest BCUT2D eigenvalue weighted by molar-refractivity contribution is -0.155. The summed E-state index contributed by atoms with van der Waals surface area (Å²) in [6, 6.07) is 14.5. The number of ether oxygens (including phenoxy) is 3. The maximum atomic E-state index is 12.4. The Balaban J connectivity index is 1.87. The molecule has 2 aromatic carbocycles. The third-order valence-corrected chi connectivity index (χ3v) is 4.46. The number of carbonyl (C=O) groups excluding carboxylic acids is 2. The zero-order chi connectivity index (χ0) is 20.5. The fourth-order valence-electron chi connectivity index (χ4n) is 2.59. The molecule has 6 nitrogen and oxygen atoms in total. The van der Waals surface area contributed by atoms with Crippen LogP contribution in [0.3, 0.4) is 0 Å². The van der Waals surface area contributed by atoms with Gasteiger partial charge in [-0.05, 0) is 55.2 Å². The van der Waals surface area contributed by atoms with Crippen molar-refractivity contribution < 1.29 is 23.8 Å². The topological polar surface area (TPSA) is 73.9 Å². The number of carbonyl (C=O) groups is 2. The van der Waals surface area contributed by atoms with Crippen LogP contribution < -0.4 is 14.8 Å². The lowest BCUT2D eigenvalue weighted by Crippen LogP contribution is -2.32. The first-order valence-corrected chi connectivity index (χ1v) is 9.30. The maximum absolute atomic E-state index is 12.4. The number of benzene rings is 2. The van der Waals surface area contributed by atoms with Gasteiger partial charge in [0.1, 0.15) is 11.5 Å². The van der Waals surface area contributed by atoms with Crippen LogP contribution in [-0.4, -0.2) is 31.7 Å². The van der Waals surface area contributed by atoms with Gasteiger partial charge in [0.15, 0.2) is 12.7 Å². The summed E-state index contributed by atoms with van der Waals surface area (Å²) in [6.07, 6.45) is 0.0251. The Morgan fingerprint density at radius 3 is 2.29 bits per heavy atom. The summed E-state index contributed by atoms with van der Waals surface area (Å²) in [6.45, 7) is 5.45. The molecule has 0 saturated carbocycles. The van der Waals surface area contributed by atoms with Crippen LogP contribution in [0.15, 0.2) is 48.5 Å². The number of amides is 1. The Morgan fingerprint density at radius 1 is 1.00 bits per heavy atom. The van der Waals surface area contributed by atoms with Gasteiger partial charge in [0.25, 0.3) is 5.91 Å². The first-order chi connectivity index (χ1) is 13.4. The van der Waals surface area contributed by atoms with Crippen molar-refractivity contribution in [2.45, 2.75) is 39.2 Å². The fourth-order valence-corrected chi connectivity index (χ4v) is 2.59. The second-order valence-electron chi connectivity index (χ2n) is 6.48. The summed E-state index contributed by atoms with van der Waals surface area (Å²) in [5.41, 5.74) is 1.79. The van der Waals surface area contributed by atoms with Gasteiger partial charge in [-0.25, -0.2) is 4.79 Å². The van der Waals surface area contributed by atoms with Crippen LogP contribution in [0.4, 0.5) is 5.69 Å². The van der Waals surface area contributed by atoms with Crippen molar-refractivity contribution in [3.63, 3.8) is 0 Å². The number of anilines is 1. The Hall–Kier alpha value is -3.02. The Labute approximate surface area is 165 Å². The van der Waals surface area contributed by atoms with Crippen molar-refractivity contribution in [1.82, 2.24) is 0 Å². The predicted octanol–water partition coefficient (Wildman–Crippen LogP) is 4.16. The van der Waals surface area contributed by atoms with Gasteiger partial charge in [-0.3, -0.25) is 4.79 Å². The van der Waals surface area contributed by atoms with Crippen molar-refractivity contribution in [3.05, 3.63) is 54.1 Å². The summed E-state index contributed by atoms with van der Waals surface area (Å²) in [4.78, 5) is 24.4. The highest BCUT2D eigenvalue weighted by molar-refractivity contribution is 5.95. The van der Waals surface area contributed by atoms with E-state index in [0.29, 0.717) is 17.4 Å². The highest BCUT2D eigenvalue weighted by atomic mass is 16.6. The second-order valence-corrected chi connectivity index (χ2v) is 6.48. The molecule has 0 aromatic heterocycles. The fraction of sp³-hybridized carbons (Fsp3) is 0.364. The Morgan fingerprint density at radius 2 is 1.64 bits per heavy atom. The second kappa shape index (κ2) is 10.3. The Kier molecular flexibility index (Phi) is 7.87. The number of methoxy groups -OCH3 is 1. The highest BCUT2D eigenvalue weighted by Gasteiger charge is 2.20. The third-order valence-electron chi connectivity index (χ3n) is 4.46. The van der Waals surface area contributed by atoms with Gasteiger partial charge in [-0.15, -0.1) is 0 Å². The largest absolute Gasteiger partial charge is 0.497 e. The average molecular weight is 385 g/mol. The average Bonchev–Trinajstić information content (AvgIpc) is 2.72. The molecule has 0 radical (unpaired) electrons. The van der Waals surface area contributed by atoms with Gasteiger partial charge in [0, 0.05) is 5.69 Å². The smallest absolute Gasteiger partial charge is 0.344 e. The molecule has 28 heavy (non-hydrogen) atoms. The Bertz CT molecular complexity index is 788. The van der Waals surface area contributed by atoms with Gasteiger partial charge in [-0.1, -0.05) is 32.0 Å². The van der Waals surface area contributed by atoms with Crippen LogP contribution in [0, 0.1) is 0 Å². The molecule has 0 spiro atoms. The zero-order valence-corrected chi connectivity index (χ0v) is 16.7. The number of rotatable bonds is 9. The number of hydrogen-bond acceptors (Lipinski definition) is 5. The minimum Gasteiger partial charge on any atom is -0.497 e. The molecular formula is C22H27NO5.